The Balaban J connectivity index is 1.92. The fourth-order valence-corrected chi connectivity index (χ4v) is 2.47. The average Bonchev–Trinajstić information content (AvgIpc) is 2.55. The lowest BCUT2D eigenvalue weighted by Gasteiger charge is -2.29. The standard InChI is InChI=1S/C16H22O5/c1-18-15(17)11-20-10-12-4-3-5-13(8-12)14-6-7-21-16(9-14)19-2/h3-5,8,14,16H,6-7,9-11H2,1-2H3. The molecular formula is C16H22O5. The zero-order chi connectivity index (χ0) is 15.1. The maximum Gasteiger partial charge on any atom is 0.331 e. The van der Waals surface area contributed by atoms with E-state index in [1.807, 2.05) is 12.1 Å². The Morgan fingerprint density at radius 3 is 3.00 bits per heavy atom. The maximum atomic E-state index is 11.0. The van der Waals surface area contributed by atoms with Crippen molar-refractivity contribution in [3.63, 3.8) is 0 Å². The molecule has 2 atom stereocenters. The van der Waals surface area contributed by atoms with Crippen molar-refractivity contribution in [3.05, 3.63) is 35.4 Å². The molecule has 0 aromatic heterocycles. The molecule has 0 bridgehead atoms. The number of ether oxygens (including phenoxy) is 4. The topological polar surface area (TPSA) is 54.0 Å². The van der Waals surface area contributed by atoms with E-state index < -0.39 is 0 Å². The summed E-state index contributed by atoms with van der Waals surface area (Å²) in [4.78, 5) is 11.0. The molecule has 0 N–H and O–H groups in total. The van der Waals surface area contributed by atoms with Gasteiger partial charge in [-0.3, -0.25) is 0 Å². The van der Waals surface area contributed by atoms with Crippen molar-refractivity contribution in [3.8, 4) is 0 Å². The molecule has 1 saturated heterocycles. The molecule has 0 radical (unpaired) electrons. The summed E-state index contributed by atoms with van der Waals surface area (Å²) < 4.78 is 20.7. The van der Waals surface area contributed by atoms with Crippen LogP contribution in [0.1, 0.15) is 29.9 Å². The third kappa shape index (κ3) is 4.81. The highest BCUT2D eigenvalue weighted by molar-refractivity contribution is 5.70. The van der Waals surface area contributed by atoms with Crippen molar-refractivity contribution < 1.29 is 23.7 Å². The first-order valence-corrected chi connectivity index (χ1v) is 7.10. The molecule has 116 valence electrons. The minimum Gasteiger partial charge on any atom is -0.467 e. The van der Waals surface area contributed by atoms with E-state index in [0.29, 0.717) is 19.1 Å². The first-order valence-electron chi connectivity index (χ1n) is 7.10. The molecule has 2 unspecified atom stereocenters. The molecule has 1 aliphatic rings. The Morgan fingerprint density at radius 2 is 2.24 bits per heavy atom. The summed E-state index contributed by atoms with van der Waals surface area (Å²) in [5, 5.41) is 0. The quantitative estimate of drug-likeness (QED) is 0.753. The number of esters is 1. The van der Waals surface area contributed by atoms with Gasteiger partial charge >= 0.3 is 5.97 Å². The van der Waals surface area contributed by atoms with Crippen LogP contribution in [-0.4, -0.2) is 39.7 Å². The zero-order valence-corrected chi connectivity index (χ0v) is 12.5. The van der Waals surface area contributed by atoms with Crippen LogP contribution in [0.3, 0.4) is 0 Å². The summed E-state index contributed by atoms with van der Waals surface area (Å²) in [6.07, 6.45) is 1.73. The van der Waals surface area contributed by atoms with E-state index in [9.17, 15) is 4.79 Å². The monoisotopic (exact) mass is 294 g/mol. The Kier molecular flexibility index (Phi) is 6.17. The highest BCUT2D eigenvalue weighted by Crippen LogP contribution is 2.30. The molecule has 5 heteroatoms. The van der Waals surface area contributed by atoms with Gasteiger partial charge in [-0.05, 0) is 23.5 Å². The van der Waals surface area contributed by atoms with Crippen LogP contribution in [-0.2, 0) is 30.3 Å². The van der Waals surface area contributed by atoms with Crippen LogP contribution in [0.25, 0.3) is 0 Å². The molecule has 5 nitrogen and oxygen atoms in total. The van der Waals surface area contributed by atoms with Crippen molar-refractivity contribution in [2.24, 2.45) is 0 Å². The van der Waals surface area contributed by atoms with Crippen molar-refractivity contribution >= 4 is 5.97 Å². The van der Waals surface area contributed by atoms with Crippen molar-refractivity contribution in [2.45, 2.75) is 31.7 Å². The van der Waals surface area contributed by atoms with E-state index in [1.165, 1.54) is 12.7 Å². The van der Waals surface area contributed by atoms with Gasteiger partial charge in [0.2, 0.25) is 0 Å². The Hall–Kier alpha value is -1.43. The van der Waals surface area contributed by atoms with E-state index in [4.69, 9.17) is 14.2 Å². The van der Waals surface area contributed by atoms with Gasteiger partial charge in [0.25, 0.3) is 0 Å². The predicted octanol–water partition coefficient (Wildman–Crippen LogP) is 2.24. The summed E-state index contributed by atoms with van der Waals surface area (Å²) in [5.41, 5.74) is 2.32. The van der Waals surface area contributed by atoms with E-state index in [0.717, 1.165) is 18.4 Å². The molecule has 0 aliphatic carbocycles. The van der Waals surface area contributed by atoms with Gasteiger partial charge in [-0.15, -0.1) is 0 Å². The fourth-order valence-electron chi connectivity index (χ4n) is 2.47. The fraction of sp³-hybridized carbons (Fsp3) is 0.562. The molecule has 1 aliphatic heterocycles. The third-order valence-electron chi connectivity index (χ3n) is 3.65. The molecule has 0 spiro atoms. The Bertz CT molecular complexity index is 460. The lowest BCUT2D eigenvalue weighted by atomic mass is 9.90. The van der Waals surface area contributed by atoms with Gasteiger partial charge in [0.15, 0.2) is 6.29 Å². The van der Waals surface area contributed by atoms with Crippen LogP contribution in [0.5, 0.6) is 0 Å². The van der Waals surface area contributed by atoms with Crippen LogP contribution >= 0.6 is 0 Å². The normalized spacial score (nSPS) is 22.0. The average molecular weight is 294 g/mol. The molecule has 1 fully saturated rings. The number of hydrogen-bond donors (Lipinski definition) is 0. The summed E-state index contributed by atoms with van der Waals surface area (Å²) in [7, 11) is 3.02. The van der Waals surface area contributed by atoms with Crippen molar-refractivity contribution in [1.29, 1.82) is 0 Å². The Labute approximate surface area is 125 Å². The summed E-state index contributed by atoms with van der Waals surface area (Å²) in [6.45, 7) is 1.09. The number of carbonyl (C=O) groups excluding carboxylic acids is 1. The van der Waals surface area contributed by atoms with Gasteiger partial charge in [0, 0.05) is 13.5 Å². The van der Waals surface area contributed by atoms with Gasteiger partial charge in [0.05, 0.1) is 20.3 Å². The molecular weight excluding hydrogens is 272 g/mol. The molecule has 0 saturated carbocycles. The first-order chi connectivity index (χ1) is 10.2. The second kappa shape index (κ2) is 8.12. The number of rotatable bonds is 6. The number of carbonyl (C=O) groups is 1. The van der Waals surface area contributed by atoms with Crippen LogP contribution in [0.15, 0.2) is 24.3 Å². The number of hydrogen-bond acceptors (Lipinski definition) is 5. The summed E-state index contributed by atoms with van der Waals surface area (Å²) >= 11 is 0. The van der Waals surface area contributed by atoms with Gasteiger partial charge in [-0.1, -0.05) is 24.3 Å². The molecule has 1 aromatic carbocycles. The van der Waals surface area contributed by atoms with E-state index >= 15 is 0 Å². The van der Waals surface area contributed by atoms with Crippen LogP contribution in [0.4, 0.5) is 0 Å². The minimum atomic E-state index is -0.362. The molecule has 1 aromatic rings. The Morgan fingerprint density at radius 1 is 1.38 bits per heavy atom. The minimum absolute atomic E-state index is 0.0241. The van der Waals surface area contributed by atoms with Gasteiger partial charge < -0.3 is 18.9 Å². The third-order valence-corrected chi connectivity index (χ3v) is 3.65. The molecule has 0 amide bonds. The lowest BCUT2D eigenvalue weighted by molar-refractivity contribution is -0.150. The lowest BCUT2D eigenvalue weighted by Crippen LogP contribution is -2.26. The molecule has 21 heavy (non-hydrogen) atoms. The largest absolute Gasteiger partial charge is 0.467 e. The van der Waals surface area contributed by atoms with Crippen LogP contribution < -0.4 is 0 Å². The maximum absolute atomic E-state index is 11.0. The summed E-state index contributed by atoms with van der Waals surface area (Å²) in [5.74, 6) is 0.0720. The smallest absolute Gasteiger partial charge is 0.331 e. The zero-order valence-electron chi connectivity index (χ0n) is 12.5. The second-order valence-corrected chi connectivity index (χ2v) is 5.07. The van der Waals surface area contributed by atoms with Gasteiger partial charge in [-0.2, -0.15) is 0 Å². The van der Waals surface area contributed by atoms with Gasteiger partial charge in [0.1, 0.15) is 6.61 Å². The van der Waals surface area contributed by atoms with Crippen LogP contribution in [0, 0.1) is 0 Å². The van der Waals surface area contributed by atoms with Crippen molar-refractivity contribution in [2.75, 3.05) is 27.4 Å². The number of methoxy groups -OCH3 is 2. The highest BCUT2D eigenvalue weighted by atomic mass is 16.7. The summed E-state index contributed by atoms with van der Waals surface area (Å²) in [6, 6.07) is 8.25. The van der Waals surface area contributed by atoms with Crippen molar-refractivity contribution in [1.82, 2.24) is 0 Å². The van der Waals surface area contributed by atoms with E-state index in [1.54, 1.807) is 7.11 Å². The highest BCUT2D eigenvalue weighted by Gasteiger charge is 2.23. The SMILES string of the molecule is COC(=O)COCc1cccc(C2CCOC(OC)C2)c1. The number of benzene rings is 1. The molecule has 2 rings (SSSR count). The van der Waals surface area contributed by atoms with E-state index in [2.05, 4.69) is 16.9 Å². The first kappa shape index (κ1) is 15.9. The second-order valence-electron chi connectivity index (χ2n) is 5.07. The predicted molar refractivity (Wildman–Crippen MR) is 76.8 cm³/mol. The molecule has 1 heterocycles. The van der Waals surface area contributed by atoms with Gasteiger partial charge in [-0.25, -0.2) is 4.79 Å². The van der Waals surface area contributed by atoms with Crippen LogP contribution in [0.2, 0.25) is 0 Å². The van der Waals surface area contributed by atoms with E-state index in [-0.39, 0.29) is 18.9 Å².